The number of alkyl carbamates (subject to hydrolysis) is 1. The molecule has 0 aromatic carbocycles. The van der Waals surface area contributed by atoms with Crippen molar-refractivity contribution in [1.29, 1.82) is 0 Å². The van der Waals surface area contributed by atoms with E-state index in [2.05, 4.69) is 5.32 Å². The average Bonchev–Trinajstić information content (AvgIpc) is 2.66. The summed E-state index contributed by atoms with van der Waals surface area (Å²) in [6, 6.07) is 0. The lowest BCUT2D eigenvalue weighted by Crippen LogP contribution is -2.53. The molecule has 0 heterocycles. The summed E-state index contributed by atoms with van der Waals surface area (Å²) in [5.74, 6) is 0.688. The van der Waals surface area contributed by atoms with Gasteiger partial charge in [0.1, 0.15) is 5.60 Å². The summed E-state index contributed by atoms with van der Waals surface area (Å²) in [7, 11) is 0. The molecule has 4 heteroatoms. The van der Waals surface area contributed by atoms with E-state index in [0.717, 1.165) is 6.42 Å². The molecule has 0 spiro atoms. The van der Waals surface area contributed by atoms with E-state index in [9.17, 15) is 4.79 Å². The highest BCUT2D eigenvalue weighted by molar-refractivity contribution is 5.68. The van der Waals surface area contributed by atoms with Gasteiger partial charge in [-0.25, -0.2) is 4.79 Å². The number of hydrogen-bond donors (Lipinski definition) is 2. The minimum atomic E-state index is -0.465. The Hall–Kier alpha value is -0.770. The van der Waals surface area contributed by atoms with E-state index >= 15 is 0 Å². The normalized spacial score (nSPS) is 20.5. The van der Waals surface area contributed by atoms with Crippen LogP contribution in [0.15, 0.2) is 0 Å². The van der Waals surface area contributed by atoms with Crippen LogP contribution in [0.1, 0.15) is 59.8 Å². The van der Waals surface area contributed by atoms with Crippen LogP contribution in [0, 0.1) is 5.92 Å². The Morgan fingerprint density at radius 1 is 1.28 bits per heavy atom. The zero-order valence-corrected chi connectivity index (χ0v) is 12.2. The number of rotatable bonds is 4. The minimum absolute atomic E-state index is 0.350. The van der Waals surface area contributed by atoms with Gasteiger partial charge in [-0.3, -0.25) is 0 Å². The number of nitrogens with two attached hydrogens (primary N) is 1. The van der Waals surface area contributed by atoms with Crippen LogP contribution >= 0.6 is 0 Å². The molecule has 1 rings (SSSR count). The van der Waals surface area contributed by atoms with Crippen LogP contribution < -0.4 is 11.1 Å². The van der Waals surface area contributed by atoms with Gasteiger partial charge < -0.3 is 15.8 Å². The quantitative estimate of drug-likeness (QED) is 0.813. The van der Waals surface area contributed by atoms with Gasteiger partial charge in [0.15, 0.2) is 0 Å². The Morgan fingerprint density at radius 3 is 2.28 bits per heavy atom. The zero-order chi connectivity index (χ0) is 13.8. The van der Waals surface area contributed by atoms with Crippen molar-refractivity contribution in [1.82, 2.24) is 5.32 Å². The van der Waals surface area contributed by atoms with E-state index in [0.29, 0.717) is 12.5 Å². The predicted octanol–water partition coefficient (Wildman–Crippen LogP) is 2.81. The number of hydrogen-bond acceptors (Lipinski definition) is 3. The second-order valence-electron chi connectivity index (χ2n) is 6.75. The second kappa shape index (κ2) is 5.91. The molecule has 0 radical (unpaired) electrons. The van der Waals surface area contributed by atoms with E-state index in [1.54, 1.807) is 0 Å². The van der Waals surface area contributed by atoms with Crippen LogP contribution in [0.4, 0.5) is 4.79 Å². The van der Waals surface area contributed by atoms with E-state index in [1.807, 2.05) is 27.7 Å². The van der Waals surface area contributed by atoms with Gasteiger partial charge in [-0.2, -0.15) is 0 Å². The van der Waals surface area contributed by atoms with Crippen molar-refractivity contribution in [2.45, 2.75) is 70.9 Å². The van der Waals surface area contributed by atoms with Crippen LogP contribution in [0.5, 0.6) is 0 Å². The third-order valence-electron chi connectivity index (χ3n) is 3.47. The maximum atomic E-state index is 11.8. The van der Waals surface area contributed by atoms with Gasteiger partial charge >= 0.3 is 6.09 Å². The minimum Gasteiger partial charge on any atom is -0.444 e. The van der Waals surface area contributed by atoms with Gasteiger partial charge in [-0.15, -0.1) is 0 Å². The summed E-state index contributed by atoms with van der Waals surface area (Å²) in [6.45, 7) is 8.05. The maximum absolute atomic E-state index is 11.8. The number of amides is 1. The van der Waals surface area contributed by atoms with Crippen molar-refractivity contribution in [3.63, 3.8) is 0 Å². The highest BCUT2D eigenvalue weighted by Gasteiger charge is 2.31. The van der Waals surface area contributed by atoms with Crippen molar-refractivity contribution in [2.24, 2.45) is 11.7 Å². The largest absolute Gasteiger partial charge is 0.444 e. The summed E-state index contributed by atoms with van der Waals surface area (Å²) < 4.78 is 5.29. The highest BCUT2D eigenvalue weighted by Crippen LogP contribution is 2.31. The molecule has 1 fully saturated rings. The average molecular weight is 256 g/mol. The van der Waals surface area contributed by atoms with Crippen LogP contribution in [0.2, 0.25) is 0 Å². The molecule has 0 aromatic heterocycles. The van der Waals surface area contributed by atoms with Crippen molar-refractivity contribution >= 4 is 6.09 Å². The zero-order valence-electron chi connectivity index (χ0n) is 12.2. The fraction of sp³-hybridized carbons (Fsp3) is 0.929. The second-order valence-corrected chi connectivity index (χ2v) is 6.75. The number of carbonyl (C=O) groups excluding carboxylic acids is 1. The molecular weight excluding hydrogens is 228 g/mol. The summed E-state index contributed by atoms with van der Waals surface area (Å²) in [5, 5.41) is 2.94. The fourth-order valence-corrected chi connectivity index (χ4v) is 2.59. The Morgan fingerprint density at radius 2 is 1.83 bits per heavy atom. The fourth-order valence-electron chi connectivity index (χ4n) is 2.59. The summed E-state index contributed by atoms with van der Waals surface area (Å²) >= 11 is 0. The van der Waals surface area contributed by atoms with E-state index in [4.69, 9.17) is 10.5 Å². The predicted molar refractivity (Wildman–Crippen MR) is 73.4 cm³/mol. The SMILES string of the molecule is CC(CN)(CC1CCCC1)NC(=O)OC(C)(C)C. The molecular formula is C14H28N2O2. The lowest BCUT2D eigenvalue weighted by atomic mass is 9.88. The monoisotopic (exact) mass is 256 g/mol. The van der Waals surface area contributed by atoms with Gasteiger partial charge in [-0.1, -0.05) is 25.7 Å². The molecule has 1 amide bonds. The Labute approximate surface area is 111 Å². The van der Waals surface area contributed by atoms with Crippen molar-refractivity contribution < 1.29 is 9.53 Å². The molecule has 0 aromatic rings. The third kappa shape index (κ3) is 5.25. The molecule has 3 N–H and O–H groups in total. The Bertz CT molecular complexity index is 280. The first kappa shape index (κ1) is 15.3. The smallest absolute Gasteiger partial charge is 0.408 e. The summed E-state index contributed by atoms with van der Waals surface area (Å²) in [6.07, 6.45) is 5.70. The molecule has 0 saturated heterocycles. The van der Waals surface area contributed by atoms with Gasteiger partial charge in [0, 0.05) is 6.54 Å². The molecule has 0 bridgehead atoms. The molecule has 1 aliphatic carbocycles. The van der Waals surface area contributed by atoms with Crippen molar-refractivity contribution in [3.05, 3.63) is 0 Å². The van der Waals surface area contributed by atoms with Crippen LogP contribution in [0.25, 0.3) is 0 Å². The van der Waals surface area contributed by atoms with Crippen LogP contribution in [-0.2, 0) is 4.74 Å². The molecule has 106 valence electrons. The topological polar surface area (TPSA) is 64.3 Å². The first-order chi connectivity index (χ1) is 8.24. The first-order valence-corrected chi connectivity index (χ1v) is 6.95. The van der Waals surface area contributed by atoms with Gasteiger partial charge in [0.2, 0.25) is 0 Å². The molecule has 1 saturated carbocycles. The molecule has 1 aliphatic rings. The van der Waals surface area contributed by atoms with Gasteiger partial charge in [0.25, 0.3) is 0 Å². The van der Waals surface area contributed by atoms with Crippen LogP contribution in [-0.4, -0.2) is 23.8 Å². The standard InChI is InChI=1S/C14H28N2O2/c1-13(2,3)18-12(17)16-14(4,10-15)9-11-7-5-6-8-11/h11H,5-10,15H2,1-4H3,(H,16,17). The van der Waals surface area contributed by atoms with E-state index in [-0.39, 0.29) is 11.6 Å². The molecule has 0 aliphatic heterocycles. The summed E-state index contributed by atoms with van der Waals surface area (Å²) in [5.41, 5.74) is 5.01. The van der Waals surface area contributed by atoms with Gasteiger partial charge in [-0.05, 0) is 40.0 Å². The number of ether oxygens (including phenoxy) is 1. The third-order valence-corrected chi connectivity index (χ3v) is 3.47. The molecule has 1 atom stereocenters. The molecule has 1 unspecified atom stereocenters. The molecule has 4 nitrogen and oxygen atoms in total. The maximum Gasteiger partial charge on any atom is 0.408 e. The van der Waals surface area contributed by atoms with Crippen molar-refractivity contribution in [3.8, 4) is 0 Å². The Balaban J connectivity index is 2.50. The van der Waals surface area contributed by atoms with Crippen LogP contribution in [0.3, 0.4) is 0 Å². The summed E-state index contributed by atoms with van der Waals surface area (Å²) in [4.78, 5) is 11.8. The lowest BCUT2D eigenvalue weighted by Gasteiger charge is -2.33. The highest BCUT2D eigenvalue weighted by atomic mass is 16.6. The van der Waals surface area contributed by atoms with E-state index in [1.165, 1.54) is 25.7 Å². The van der Waals surface area contributed by atoms with Crippen molar-refractivity contribution in [2.75, 3.05) is 6.54 Å². The number of carbonyl (C=O) groups is 1. The Kier molecular flexibility index (Phi) is 5.02. The van der Waals surface area contributed by atoms with E-state index < -0.39 is 5.60 Å². The number of nitrogens with one attached hydrogen (secondary N) is 1. The molecule has 18 heavy (non-hydrogen) atoms. The van der Waals surface area contributed by atoms with Gasteiger partial charge in [0.05, 0.1) is 5.54 Å². The lowest BCUT2D eigenvalue weighted by molar-refractivity contribution is 0.0453. The first-order valence-electron chi connectivity index (χ1n) is 6.95.